The molecule has 0 radical (unpaired) electrons. The van der Waals surface area contributed by atoms with Crippen molar-refractivity contribution in [2.45, 2.75) is 25.3 Å². The molecule has 2 heterocycles. The summed E-state index contributed by atoms with van der Waals surface area (Å²) in [7, 11) is -3.74. The first-order valence-corrected chi connectivity index (χ1v) is 14.0. The Labute approximate surface area is 223 Å². The van der Waals surface area contributed by atoms with E-state index in [2.05, 4.69) is 9.62 Å². The van der Waals surface area contributed by atoms with Crippen molar-refractivity contribution in [3.63, 3.8) is 0 Å². The summed E-state index contributed by atoms with van der Waals surface area (Å²) >= 11 is 0. The molecule has 200 valence electrons. The number of carbonyl (C=O) groups is 1. The van der Waals surface area contributed by atoms with Crippen LogP contribution in [0.5, 0.6) is 17.2 Å². The number of ether oxygens (including phenoxy) is 3. The van der Waals surface area contributed by atoms with Gasteiger partial charge in [-0.2, -0.15) is 0 Å². The fourth-order valence-corrected chi connectivity index (χ4v) is 5.69. The largest absolute Gasteiger partial charge is 0.484 e. The van der Waals surface area contributed by atoms with Crippen LogP contribution in [-0.2, 0) is 21.4 Å². The highest BCUT2D eigenvalue weighted by molar-refractivity contribution is 7.92. The average Bonchev–Trinajstić information content (AvgIpc) is 3.35. The van der Waals surface area contributed by atoms with Crippen LogP contribution in [0.1, 0.15) is 16.7 Å². The Morgan fingerprint density at radius 3 is 2.29 bits per heavy atom. The maximum Gasteiger partial charge on any atom is 0.261 e. The number of nitrogens with one attached hydrogen (secondary N) is 1. The zero-order valence-corrected chi connectivity index (χ0v) is 22.3. The second kappa shape index (κ2) is 10.9. The van der Waals surface area contributed by atoms with Gasteiger partial charge in [0.2, 0.25) is 6.79 Å². The highest BCUT2D eigenvalue weighted by Crippen LogP contribution is 2.33. The lowest BCUT2D eigenvalue weighted by Gasteiger charge is -2.34. The smallest absolute Gasteiger partial charge is 0.261 e. The first-order valence-electron chi connectivity index (χ1n) is 12.5. The van der Waals surface area contributed by atoms with E-state index in [4.69, 9.17) is 14.2 Å². The van der Waals surface area contributed by atoms with E-state index in [0.717, 1.165) is 47.8 Å². The number of anilines is 1. The van der Waals surface area contributed by atoms with Crippen LogP contribution in [0.3, 0.4) is 0 Å². The molecule has 0 bridgehead atoms. The summed E-state index contributed by atoms with van der Waals surface area (Å²) in [5.41, 5.74) is 3.61. The highest BCUT2D eigenvalue weighted by atomic mass is 32.2. The Kier molecular flexibility index (Phi) is 7.44. The minimum atomic E-state index is -3.74. The molecule has 0 atom stereocenters. The number of nitrogens with zero attached hydrogens (tertiary/aromatic N) is 2. The number of amides is 1. The Balaban J connectivity index is 1.09. The van der Waals surface area contributed by atoms with Crippen molar-refractivity contribution in [2.75, 3.05) is 44.3 Å². The third-order valence-electron chi connectivity index (χ3n) is 6.54. The zero-order valence-electron chi connectivity index (χ0n) is 21.5. The van der Waals surface area contributed by atoms with Crippen LogP contribution in [0.4, 0.5) is 5.69 Å². The Bertz CT molecular complexity index is 1400. The van der Waals surface area contributed by atoms with Gasteiger partial charge in [-0.15, -0.1) is 0 Å². The third-order valence-corrected chi connectivity index (χ3v) is 7.94. The molecule has 0 saturated carbocycles. The fourth-order valence-electron chi connectivity index (χ4n) is 4.65. The predicted molar refractivity (Wildman–Crippen MR) is 143 cm³/mol. The first kappa shape index (κ1) is 25.9. The molecule has 1 fully saturated rings. The molecule has 1 amide bonds. The quantitative estimate of drug-likeness (QED) is 0.469. The molecule has 9 nitrogen and oxygen atoms in total. The molecule has 0 aliphatic carbocycles. The lowest BCUT2D eigenvalue weighted by molar-refractivity contribution is -0.135. The minimum absolute atomic E-state index is 0.0964. The molecule has 3 aromatic rings. The number of hydrogen-bond donors (Lipinski definition) is 1. The van der Waals surface area contributed by atoms with Gasteiger partial charge in [0.15, 0.2) is 18.1 Å². The molecular formula is C28H31N3O6S. The van der Waals surface area contributed by atoms with E-state index in [9.17, 15) is 13.2 Å². The second-order valence-electron chi connectivity index (χ2n) is 9.59. The SMILES string of the molecule is Cc1cc(C)cc(NS(=O)(=O)c2ccc(OCC(=O)N3CCN(Cc4ccc5c(c4)OCO5)CC3)cc2)c1. The molecule has 1 N–H and O–H groups in total. The molecule has 0 unspecified atom stereocenters. The van der Waals surface area contributed by atoms with Gasteiger partial charge in [0.25, 0.3) is 15.9 Å². The lowest BCUT2D eigenvalue weighted by Crippen LogP contribution is -2.49. The molecule has 5 rings (SSSR count). The molecule has 0 spiro atoms. The molecule has 10 heteroatoms. The fraction of sp³-hybridized carbons (Fsp3) is 0.321. The van der Waals surface area contributed by atoms with E-state index < -0.39 is 10.0 Å². The van der Waals surface area contributed by atoms with Crippen LogP contribution >= 0.6 is 0 Å². The van der Waals surface area contributed by atoms with Crippen molar-refractivity contribution < 1.29 is 27.4 Å². The summed E-state index contributed by atoms with van der Waals surface area (Å²) in [5, 5.41) is 0. The maximum absolute atomic E-state index is 12.8. The van der Waals surface area contributed by atoms with E-state index in [1.54, 1.807) is 29.2 Å². The van der Waals surface area contributed by atoms with Gasteiger partial charge in [-0.3, -0.25) is 14.4 Å². The number of carbonyl (C=O) groups excluding carboxylic acids is 1. The van der Waals surface area contributed by atoms with Gasteiger partial charge in [-0.25, -0.2) is 8.42 Å². The van der Waals surface area contributed by atoms with E-state index in [1.165, 1.54) is 12.1 Å². The van der Waals surface area contributed by atoms with Crippen LogP contribution in [0, 0.1) is 13.8 Å². The van der Waals surface area contributed by atoms with Crippen molar-refractivity contribution in [2.24, 2.45) is 0 Å². The van der Waals surface area contributed by atoms with E-state index in [1.807, 2.05) is 38.1 Å². The second-order valence-corrected chi connectivity index (χ2v) is 11.3. The molecular weight excluding hydrogens is 506 g/mol. The molecule has 1 saturated heterocycles. The van der Waals surface area contributed by atoms with Crippen LogP contribution in [-0.4, -0.2) is 63.7 Å². The van der Waals surface area contributed by atoms with Crippen molar-refractivity contribution in [1.29, 1.82) is 0 Å². The van der Waals surface area contributed by atoms with Crippen molar-refractivity contribution in [3.8, 4) is 17.2 Å². The molecule has 2 aliphatic rings. The average molecular weight is 538 g/mol. The summed E-state index contributed by atoms with van der Waals surface area (Å²) in [6.07, 6.45) is 0. The van der Waals surface area contributed by atoms with Gasteiger partial charge < -0.3 is 19.1 Å². The van der Waals surface area contributed by atoms with Crippen molar-refractivity contribution >= 4 is 21.6 Å². The summed E-state index contributed by atoms with van der Waals surface area (Å²) in [4.78, 5) is 16.9. The number of piperazine rings is 1. The summed E-state index contributed by atoms with van der Waals surface area (Å²) < 4.78 is 44.6. The topological polar surface area (TPSA) is 97.4 Å². The van der Waals surface area contributed by atoms with Gasteiger partial charge in [-0.05, 0) is 79.1 Å². The van der Waals surface area contributed by atoms with Gasteiger partial charge in [0.05, 0.1) is 4.90 Å². The predicted octanol–water partition coefficient (Wildman–Crippen LogP) is 3.56. The van der Waals surface area contributed by atoms with Crippen LogP contribution in [0.15, 0.2) is 65.6 Å². The molecule has 0 aromatic heterocycles. The Morgan fingerprint density at radius 2 is 1.58 bits per heavy atom. The molecule has 3 aromatic carbocycles. The van der Waals surface area contributed by atoms with Crippen molar-refractivity contribution in [1.82, 2.24) is 9.80 Å². The minimum Gasteiger partial charge on any atom is -0.484 e. The lowest BCUT2D eigenvalue weighted by atomic mass is 10.1. The number of sulfonamides is 1. The number of rotatable bonds is 8. The van der Waals surface area contributed by atoms with Crippen LogP contribution < -0.4 is 18.9 Å². The van der Waals surface area contributed by atoms with Gasteiger partial charge in [0, 0.05) is 38.4 Å². The standard InChI is InChI=1S/C28H31N3O6S/c1-20-13-21(2)15-23(14-20)29-38(33,34)25-6-4-24(5-7-25)35-18-28(32)31-11-9-30(10-12-31)17-22-3-8-26-27(16-22)37-19-36-26/h3-8,13-16,29H,9-12,17-19H2,1-2H3. The molecule has 38 heavy (non-hydrogen) atoms. The monoisotopic (exact) mass is 537 g/mol. The number of benzene rings is 3. The van der Waals surface area contributed by atoms with Crippen LogP contribution in [0.2, 0.25) is 0 Å². The van der Waals surface area contributed by atoms with E-state index >= 15 is 0 Å². The first-order chi connectivity index (χ1) is 18.2. The third kappa shape index (κ3) is 6.20. The summed E-state index contributed by atoms with van der Waals surface area (Å²) in [5.74, 6) is 1.89. The Morgan fingerprint density at radius 1 is 0.895 bits per heavy atom. The van der Waals surface area contributed by atoms with Gasteiger partial charge in [0.1, 0.15) is 5.75 Å². The Hall–Kier alpha value is -3.76. The highest BCUT2D eigenvalue weighted by Gasteiger charge is 2.22. The summed E-state index contributed by atoms with van der Waals surface area (Å²) in [6.45, 7) is 7.54. The maximum atomic E-state index is 12.8. The zero-order chi connectivity index (χ0) is 26.7. The van der Waals surface area contributed by atoms with E-state index in [-0.39, 0.29) is 24.2 Å². The van der Waals surface area contributed by atoms with Gasteiger partial charge in [-0.1, -0.05) is 12.1 Å². The van der Waals surface area contributed by atoms with Crippen LogP contribution in [0.25, 0.3) is 0 Å². The number of hydrogen-bond acceptors (Lipinski definition) is 7. The number of aryl methyl sites for hydroxylation is 2. The number of fused-ring (bicyclic) bond motifs is 1. The van der Waals surface area contributed by atoms with E-state index in [0.29, 0.717) is 24.5 Å². The summed E-state index contributed by atoms with van der Waals surface area (Å²) in [6, 6.07) is 17.6. The normalized spacial score (nSPS) is 15.4. The van der Waals surface area contributed by atoms with Gasteiger partial charge >= 0.3 is 0 Å². The molecule has 2 aliphatic heterocycles. The van der Waals surface area contributed by atoms with Crippen molar-refractivity contribution in [3.05, 3.63) is 77.4 Å².